The maximum atomic E-state index is 12.7. The Labute approximate surface area is 273 Å². The topological polar surface area (TPSA) is 78.9 Å². The molecular formula is C39H62N2O4. The van der Waals surface area contributed by atoms with Crippen LogP contribution in [0.1, 0.15) is 131 Å². The molecule has 0 aromatic rings. The van der Waals surface area contributed by atoms with Crippen LogP contribution in [0.25, 0.3) is 0 Å². The van der Waals surface area contributed by atoms with Crippen LogP contribution in [0.2, 0.25) is 0 Å². The minimum absolute atomic E-state index is 0.107. The Balaban J connectivity index is 1.07. The van der Waals surface area contributed by atoms with Crippen molar-refractivity contribution in [3.63, 3.8) is 0 Å². The van der Waals surface area contributed by atoms with Gasteiger partial charge in [0.25, 0.3) is 0 Å². The molecule has 6 nitrogen and oxygen atoms in total. The smallest absolute Gasteiger partial charge is 0.219 e. The molecule has 0 unspecified atom stereocenters. The molecule has 2 saturated heterocycles. The lowest BCUT2D eigenvalue weighted by Crippen LogP contribution is -2.52. The number of nitrogens with one attached hydrogen (secondary N) is 1. The number of aliphatic hydroxyl groups excluding tert-OH is 1. The quantitative estimate of drug-likeness (QED) is 0.189. The summed E-state index contributed by atoms with van der Waals surface area (Å²) in [5.41, 5.74) is 4.98. The summed E-state index contributed by atoms with van der Waals surface area (Å²) in [4.78, 5) is 26.8. The van der Waals surface area contributed by atoms with Crippen LogP contribution in [0, 0.1) is 35.0 Å². The monoisotopic (exact) mass is 622 g/mol. The van der Waals surface area contributed by atoms with Gasteiger partial charge in [-0.3, -0.25) is 14.5 Å². The van der Waals surface area contributed by atoms with Crippen molar-refractivity contribution in [1.82, 2.24) is 10.2 Å². The molecule has 4 fully saturated rings. The number of unbranched alkanes of at least 4 members (excludes halogenated alkanes) is 2. The molecule has 10 atom stereocenters. The largest absolute Gasteiger partial charge is 0.393 e. The minimum atomic E-state index is -0.148. The van der Waals surface area contributed by atoms with Crippen molar-refractivity contribution in [2.24, 2.45) is 35.0 Å². The van der Waals surface area contributed by atoms with Crippen LogP contribution in [0.5, 0.6) is 0 Å². The van der Waals surface area contributed by atoms with Gasteiger partial charge in [0.1, 0.15) is 5.78 Å². The first-order chi connectivity index (χ1) is 21.6. The molecule has 6 aliphatic rings. The molecule has 1 spiro atoms. The van der Waals surface area contributed by atoms with E-state index in [0.717, 1.165) is 83.3 Å². The summed E-state index contributed by atoms with van der Waals surface area (Å²) in [5.74, 6) is 3.75. The number of rotatable bonds is 11. The maximum Gasteiger partial charge on any atom is 0.219 e. The van der Waals surface area contributed by atoms with E-state index in [1.54, 1.807) is 16.7 Å². The third-order valence-electron chi connectivity index (χ3n) is 13.8. The predicted octanol–water partition coefficient (Wildman–Crippen LogP) is 7.15. The zero-order valence-electron chi connectivity index (χ0n) is 29.0. The van der Waals surface area contributed by atoms with Gasteiger partial charge in [-0.2, -0.15) is 0 Å². The van der Waals surface area contributed by atoms with Gasteiger partial charge in [-0.15, -0.1) is 0 Å². The van der Waals surface area contributed by atoms with Gasteiger partial charge < -0.3 is 15.2 Å². The zero-order chi connectivity index (χ0) is 31.9. The van der Waals surface area contributed by atoms with Crippen LogP contribution in [-0.2, 0) is 14.3 Å². The Bertz CT molecular complexity index is 1180. The number of allylic oxidation sites excluding steroid dienone is 2. The second kappa shape index (κ2) is 13.5. The van der Waals surface area contributed by atoms with Gasteiger partial charge in [-0.25, -0.2) is 0 Å². The molecule has 2 saturated carbocycles. The average molecular weight is 623 g/mol. The third kappa shape index (κ3) is 6.26. The molecule has 252 valence electrons. The van der Waals surface area contributed by atoms with Crippen molar-refractivity contribution < 1.29 is 19.4 Å². The lowest BCUT2D eigenvalue weighted by molar-refractivity contribution is -0.121. The predicted molar refractivity (Wildman–Crippen MR) is 180 cm³/mol. The summed E-state index contributed by atoms with van der Waals surface area (Å²) in [5, 5.41) is 13.3. The average Bonchev–Trinajstić information content (AvgIpc) is 3.53. The molecule has 2 heterocycles. The van der Waals surface area contributed by atoms with Crippen molar-refractivity contribution >= 4 is 11.7 Å². The number of amides is 1. The molecule has 6 rings (SSSR count). The molecule has 0 aromatic carbocycles. The van der Waals surface area contributed by atoms with Gasteiger partial charge in [-0.1, -0.05) is 51.3 Å². The number of hydrogen-bond donors (Lipinski definition) is 2. The van der Waals surface area contributed by atoms with Crippen molar-refractivity contribution in [3.05, 3.63) is 22.8 Å². The summed E-state index contributed by atoms with van der Waals surface area (Å²) >= 11 is 0. The summed E-state index contributed by atoms with van der Waals surface area (Å²) in [6, 6.07) is 0.441. The number of nitrogens with zero attached hydrogens (tertiary/aromatic N) is 1. The second-order valence-electron chi connectivity index (χ2n) is 16.4. The first-order valence-corrected chi connectivity index (χ1v) is 18.8. The molecule has 0 bridgehead atoms. The van der Waals surface area contributed by atoms with E-state index in [9.17, 15) is 14.7 Å². The highest BCUT2D eigenvalue weighted by molar-refractivity contribution is 5.78. The number of fused-ring (bicyclic) bond motifs is 6. The van der Waals surface area contributed by atoms with E-state index >= 15 is 0 Å². The number of Topliss-reactive ketones (excluding diaryl/α,β-unsaturated/α-hetero) is 1. The van der Waals surface area contributed by atoms with Crippen LogP contribution in [-0.4, -0.2) is 65.2 Å². The van der Waals surface area contributed by atoms with Gasteiger partial charge in [0, 0.05) is 44.3 Å². The number of piperidine rings is 1. The number of aliphatic hydroxyl groups is 1. The zero-order valence-corrected chi connectivity index (χ0v) is 29.0. The summed E-state index contributed by atoms with van der Waals surface area (Å²) in [6.45, 7) is 14.5. The molecule has 4 aliphatic carbocycles. The van der Waals surface area contributed by atoms with Gasteiger partial charge >= 0.3 is 0 Å². The van der Waals surface area contributed by atoms with E-state index in [1.165, 1.54) is 19.3 Å². The Kier molecular flexibility index (Phi) is 10.1. The van der Waals surface area contributed by atoms with E-state index in [2.05, 4.69) is 44.0 Å². The Morgan fingerprint density at radius 2 is 1.89 bits per heavy atom. The van der Waals surface area contributed by atoms with E-state index in [0.29, 0.717) is 54.8 Å². The molecule has 6 heteroatoms. The molecule has 45 heavy (non-hydrogen) atoms. The van der Waals surface area contributed by atoms with Crippen molar-refractivity contribution in [1.29, 1.82) is 0 Å². The van der Waals surface area contributed by atoms with Crippen molar-refractivity contribution in [2.75, 3.05) is 19.6 Å². The number of ketones is 1. The second-order valence-corrected chi connectivity index (χ2v) is 16.4. The van der Waals surface area contributed by atoms with Crippen LogP contribution < -0.4 is 5.32 Å². The highest BCUT2D eigenvalue weighted by Crippen LogP contribution is 2.65. The number of ether oxygens (including phenoxy) is 1. The fourth-order valence-corrected chi connectivity index (χ4v) is 11.3. The van der Waals surface area contributed by atoms with E-state index in [1.807, 2.05) is 6.92 Å². The molecule has 2 aliphatic heterocycles. The van der Waals surface area contributed by atoms with Gasteiger partial charge in [0.05, 0.1) is 17.8 Å². The fraction of sp³-hybridized carbons (Fsp3) is 0.846. The van der Waals surface area contributed by atoms with E-state index < -0.39 is 0 Å². The number of carbonyl (C=O) groups excluding carboxylic acids is 2. The lowest BCUT2D eigenvalue weighted by Gasteiger charge is -2.49. The fourth-order valence-electron chi connectivity index (χ4n) is 11.3. The summed E-state index contributed by atoms with van der Waals surface area (Å²) in [6.07, 6.45) is 17.3. The van der Waals surface area contributed by atoms with Gasteiger partial charge in [0.2, 0.25) is 5.91 Å². The van der Waals surface area contributed by atoms with Crippen molar-refractivity contribution in [2.45, 2.75) is 155 Å². The van der Waals surface area contributed by atoms with Crippen LogP contribution >= 0.6 is 0 Å². The molecular weight excluding hydrogens is 560 g/mol. The maximum absolute atomic E-state index is 12.7. The standard InChI is InChI=1S/C39H62N2O4/c1-6-36(44)40-19-9-7-8-11-29(42)12-10-20-41-24-25(2)21-35-37(41)27(4)39(45-35)18-16-31-32-14-13-28-22-30(43)15-17-38(28,5)34(32)23-33(31)26(39)3/h13,25,27,30-32,34-35,37,43H,6-12,14-24H2,1-5H3,(H,40,44)/t25-,27+,30-,31-,32-,34-,35+,37-,38-,39-/m0/s1. The first kappa shape index (κ1) is 33.4. The first-order valence-electron chi connectivity index (χ1n) is 18.8. The SMILES string of the molecule is CCC(=O)NCCCCCC(=O)CCCN1C[C@@H](C)C[C@H]2O[C@]3(CC[C@@H]4C(=C3C)C[C@H]3[C@H]4CC=C4C[C@@H](O)CC[C@@]43C)[C@H](C)[C@@H]21. The normalized spacial score (nSPS) is 40.9. The number of carbonyl (C=O) groups is 2. The summed E-state index contributed by atoms with van der Waals surface area (Å²) in [7, 11) is 0. The minimum Gasteiger partial charge on any atom is -0.393 e. The van der Waals surface area contributed by atoms with E-state index in [-0.39, 0.29) is 29.1 Å². The Morgan fingerprint density at radius 1 is 1.09 bits per heavy atom. The number of hydrogen-bond acceptors (Lipinski definition) is 5. The molecule has 0 radical (unpaired) electrons. The molecule has 0 aromatic heterocycles. The Morgan fingerprint density at radius 3 is 2.69 bits per heavy atom. The Hall–Kier alpha value is -1.50. The third-order valence-corrected chi connectivity index (χ3v) is 13.8. The lowest BCUT2D eigenvalue weighted by atomic mass is 9.56. The highest BCUT2D eigenvalue weighted by Gasteiger charge is 2.61. The molecule has 2 N–H and O–H groups in total. The van der Waals surface area contributed by atoms with E-state index in [4.69, 9.17) is 4.74 Å². The highest BCUT2D eigenvalue weighted by atomic mass is 16.5. The molecule has 1 amide bonds. The summed E-state index contributed by atoms with van der Waals surface area (Å²) < 4.78 is 7.32. The van der Waals surface area contributed by atoms with Crippen LogP contribution in [0.4, 0.5) is 0 Å². The van der Waals surface area contributed by atoms with Crippen LogP contribution in [0.3, 0.4) is 0 Å². The van der Waals surface area contributed by atoms with Gasteiger partial charge in [0.15, 0.2) is 0 Å². The number of likely N-dealkylation sites (tertiary alicyclic amines) is 1. The van der Waals surface area contributed by atoms with Crippen molar-refractivity contribution in [3.8, 4) is 0 Å². The van der Waals surface area contributed by atoms with Crippen LogP contribution in [0.15, 0.2) is 22.8 Å². The van der Waals surface area contributed by atoms with Gasteiger partial charge in [-0.05, 0) is 119 Å².